The molecule has 0 aliphatic rings. The topological polar surface area (TPSA) is 77.2 Å². The summed E-state index contributed by atoms with van der Waals surface area (Å²) >= 11 is 0. The van der Waals surface area contributed by atoms with E-state index < -0.39 is 0 Å². The molecule has 19 heavy (non-hydrogen) atoms. The van der Waals surface area contributed by atoms with Gasteiger partial charge in [-0.25, -0.2) is 0 Å². The molecule has 1 N–H and O–H groups in total. The van der Waals surface area contributed by atoms with E-state index in [1.807, 2.05) is 0 Å². The third-order valence-electron chi connectivity index (χ3n) is 2.47. The zero-order valence-corrected chi connectivity index (χ0v) is 10.9. The number of carbonyl (C=O) groups is 1. The van der Waals surface area contributed by atoms with Crippen LogP contribution in [0.15, 0.2) is 18.5 Å². The molecule has 98 valence electrons. The first kappa shape index (κ1) is 14.7. The molecule has 0 saturated heterocycles. The molecule has 0 saturated carbocycles. The standard InChI is InChI=1S/C14H15N3O2/c1-11(8-15)10-17(2)14(19)13-5-6-16-9-12(13)4-3-7-18/h5-6,9,11,18H,7,10H2,1-2H3. The Kier molecular flexibility index (Phi) is 5.53. The molecule has 0 bridgehead atoms. The highest BCUT2D eigenvalue weighted by atomic mass is 16.2. The Balaban J connectivity index is 2.97. The predicted octanol–water partition coefficient (Wildman–Crippen LogP) is 0.657. The van der Waals surface area contributed by atoms with E-state index in [1.54, 1.807) is 20.0 Å². The number of pyridine rings is 1. The third kappa shape index (κ3) is 4.09. The second kappa shape index (κ2) is 7.15. The molecule has 1 amide bonds. The van der Waals surface area contributed by atoms with E-state index in [9.17, 15) is 4.79 Å². The number of carbonyl (C=O) groups excluding carboxylic acids is 1. The quantitative estimate of drug-likeness (QED) is 0.807. The first-order valence-electron chi connectivity index (χ1n) is 5.79. The molecule has 0 spiro atoms. The first-order valence-corrected chi connectivity index (χ1v) is 5.79. The van der Waals surface area contributed by atoms with Crippen molar-refractivity contribution in [3.63, 3.8) is 0 Å². The highest BCUT2D eigenvalue weighted by Crippen LogP contribution is 2.10. The van der Waals surface area contributed by atoms with Crippen LogP contribution >= 0.6 is 0 Å². The molecule has 1 aromatic heterocycles. The molecule has 1 atom stereocenters. The van der Waals surface area contributed by atoms with E-state index in [-0.39, 0.29) is 18.4 Å². The van der Waals surface area contributed by atoms with Gasteiger partial charge in [-0.15, -0.1) is 0 Å². The van der Waals surface area contributed by atoms with E-state index in [0.717, 1.165) is 0 Å². The third-order valence-corrected chi connectivity index (χ3v) is 2.47. The summed E-state index contributed by atoms with van der Waals surface area (Å²) in [5.41, 5.74) is 0.890. The van der Waals surface area contributed by atoms with Gasteiger partial charge in [0.05, 0.1) is 23.1 Å². The largest absolute Gasteiger partial charge is 0.384 e. The summed E-state index contributed by atoms with van der Waals surface area (Å²) in [5, 5.41) is 17.5. The van der Waals surface area contributed by atoms with Gasteiger partial charge in [0, 0.05) is 26.0 Å². The van der Waals surface area contributed by atoms with Crippen LogP contribution in [0.5, 0.6) is 0 Å². The van der Waals surface area contributed by atoms with Crippen molar-refractivity contribution >= 4 is 5.91 Å². The Morgan fingerprint density at radius 3 is 3.00 bits per heavy atom. The summed E-state index contributed by atoms with van der Waals surface area (Å²) < 4.78 is 0. The normalized spacial score (nSPS) is 10.8. The van der Waals surface area contributed by atoms with E-state index in [4.69, 9.17) is 10.4 Å². The Morgan fingerprint density at radius 1 is 1.63 bits per heavy atom. The number of aromatic nitrogens is 1. The average molecular weight is 257 g/mol. The van der Waals surface area contributed by atoms with Crippen LogP contribution in [0.1, 0.15) is 22.8 Å². The van der Waals surface area contributed by atoms with E-state index in [1.165, 1.54) is 17.3 Å². The fourth-order valence-corrected chi connectivity index (χ4v) is 1.56. The Morgan fingerprint density at radius 2 is 2.37 bits per heavy atom. The monoisotopic (exact) mass is 257 g/mol. The summed E-state index contributed by atoms with van der Waals surface area (Å²) in [4.78, 5) is 17.6. The fraction of sp³-hybridized carbons (Fsp3) is 0.357. The molecule has 1 rings (SSSR count). The van der Waals surface area contributed by atoms with Crippen LogP contribution in [0.3, 0.4) is 0 Å². The van der Waals surface area contributed by atoms with Crippen LogP contribution in [0.25, 0.3) is 0 Å². The van der Waals surface area contributed by atoms with Gasteiger partial charge >= 0.3 is 0 Å². The second-order valence-electron chi connectivity index (χ2n) is 4.10. The van der Waals surface area contributed by atoms with E-state index in [2.05, 4.69) is 22.9 Å². The molecule has 0 aromatic carbocycles. The van der Waals surface area contributed by atoms with Crippen molar-refractivity contribution in [3.8, 4) is 17.9 Å². The zero-order chi connectivity index (χ0) is 14.3. The summed E-state index contributed by atoms with van der Waals surface area (Å²) in [6.45, 7) is 1.83. The molecule has 5 heteroatoms. The van der Waals surface area contributed by atoms with Gasteiger partial charge in [-0.3, -0.25) is 9.78 Å². The van der Waals surface area contributed by atoms with Crippen molar-refractivity contribution in [3.05, 3.63) is 29.6 Å². The molecule has 0 radical (unpaired) electrons. The zero-order valence-electron chi connectivity index (χ0n) is 10.9. The van der Waals surface area contributed by atoms with Crippen LogP contribution in [0.4, 0.5) is 0 Å². The SMILES string of the molecule is CC(C#N)CN(C)C(=O)c1ccncc1C#CCO. The molecule has 0 aliphatic carbocycles. The lowest BCUT2D eigenvalue weighted by atomic mass is 10.1. The summed E-state index contributed by atoms with van der Waals surface area (Å²) in [7, 11) is 1.64. The minimum absolute atomic E-state index is 0.216. The Hall–Kier alpha value is -2.37. The van der Waals surface area contributed by atoms with Gasteiger partial charge in [-0.05, 0) is 13.0 Å². The van der Waals surface area contributed by atoms with Gasteiger partial charge in [-0.2, -0.15) is 5.26 Å². The minimum Gasteiger partial charge on any atom is -0.384 e. The highest BCUT2D eigenvalue weighted by Gasteiger charge is 2.16. The van der Waals surface area contributed by atoms with E-state index in [0.29, 0.717) is 17.7 Å². The molecule has 1 heterocycles. The molecule has 1 unspecified atom stereocenters. The smallest absolute Gasteiger partial charge is 0.255 e. The maximum atomic E-state index is 12.2. The van der Waals surface area contributed by atoms with Gasteiger partial charge < -0.3 is 10.0 Å². The first-order chi connectivity index (χ1) is 9.10. The van der Waals surface area contributed by atoms with Crippen molar-refractivity contribution in [2.45, 2.75) is 6.92 Å². The fourth-order valence-electron chi connectivity index (χ4n) is 1.56. The molecular weight excluding hydrogens is 242 g/mol. The second-order valence-corrected chi connectivity index (χ2v) is 4.10. The molecule has 5 nitrogen and oxygen atoms in total. The van der Waals surface area contributed by atoms with Crippen molar-refractivity contribution < 1.29 is 9.90 Å². The predicted molar refractivity (Wildman–Crippen MR) is 69.9 cm³/mol. The van der Waals surface area contributed by atoms with Crippen molar-refractivity contribution in [1.82, 2.24) is 9.88 Å². The number of aliphatic hydroxyl groups excluding tert-OH is 1. The number of nitriles is 1. The Labute approximate surface area is 112 Å². The molecule has 0 aliphatic heterocycles. The number of nitrogens with zero attached hydrogens (tertiary/aromatic N) is 3. The number of amides is 1. The van der Waals surface area contributed by atoms with Gasteiger partial charge in [0.1, 0.15) is 6.61 Å². The molecule has 1 aromatic rings. The molecular formula is C14H15N3O2. The lowest BCUT2D eigenvalue weighted by molar-refractivity contribution is 0.0784. The lowest BCUT2D eigenvalue weighted by Gasteiger charge is -2.18. The number of aliphatic hydroxyl groups is 1. The minimum atomic E-state index is -0.274. The van der Waals surface area contributed by atoms with Crippen LogP contribution in [-0.4, -0.2) is 41.1 Å². The number of hydrogen-bond donors (Lipinski definition) is 1. The van der Waals surface area contributed by atoms with Crippen molar-refractivity contribution in [1.29, 1.82) is 5.26 Å². The van der Waals surface area contributed by atoms with Crippen molar-refractivity contribution in [2.24, 2.45) is 5.92 Å². The van der Waals surface area contributed by atoms with Crippen LogP contribution in [0, 0.1) is 29.1 Å². The van der Waals surface area contributed by atoms with Crippen LogP contribution in [0.2, 0.25) is 0 Å². The van der Waals surface area contributed by atoms with Gasteiger partial charge in [-0.1, -0.05) is 11.8 Å². The Bertz CT molecular complexity index is 552. The van der Waals surface area contributed by atoms with Gasteiger partial charge in [0.2, 0.25) is 0 Å². The van der Waals surface area contributed by atoms with Crippen LogP contribution in [-0.2, 0) is 0 Å². The van der Waals surface area contributed by atoms with Gasteiger partial charge in [0.25, 0.3) is 5.91 Å². The van der Waals surface area contributed by atoms with Crippen LogP contribution < -0.4 is 0 Å². The van der Waals surface area contributed by atoms with Crippen molar-refractivity contribution in [2.75, 3.05) is 20.2 Å². The summed E-state index contributed by atoms with van der Waals surface area (Å²) in [6, 6.07) is 3.66. The number of rotatable bonds is 3. The maximum absolute atomic E-state index is 12.2. The van der Waals surface area contributed by atoms with Gasteiger partial charge in [0.15, 0.2) is 0 Å². The summed E-state index contributed by atoms with van der Waals surface area (Å²) in [6.07, 6.45) is 3.00. The number of hydrogen-bond acceptors (Lipinski definition) is 4. The highest BCUT2D eigenvalue weighted by molar-refractivity contribution is 5.96. The average Bonchev–Trinajstić information content (AvgIpc) is 2.44. The maximum Gasteiger partial charge on any atom is 0.255 e. The lowest BCUT2D eigenvalue weighted by Crippen LogP contribution is -2.31. The molecule has 0 fully saturated rings. The van der Waals surface area contributed by atoms with E-state index >= 15 is 0 Å². The summed E-state index contributed by atoms with van der Waals surface area (Å²) in [5.74, 6) is 4.73.